The second-order valence-corrected chi connectivity index (χ2v) is 14.1. The van der Waals surface area contributed by atoms with Gasteiger partial charge in [0.2, 0.25) is 5.91 Å². The van der Waals surface area contributed by atoms with Gasteiger partial charge in [0, 0.05) is 33.0 Å². The van der Waals surface area contributed by atoms with Gasteiger partial charge in [-0.25, -0.2) is 0 Å². The smallest absolute Gasteiger partial charge is 0.308 e. The molecule has 0 aromatic heterocycles. The topological polar surface area (TPSA) is 85.4 Å². The second kappa shape index (κ2) is 12.1. The van der Waals surface area contributed by atoms with Crippen LogP contribution in [0, 0.1) is 0 Å². The van der Waals surface area contributed by atoms with Gasteiger partial charge in [-0.15, -0.1) is 0 Å². The maximum absolute atomic E-state index is 13.9. The summed E-state index contributed by atoms with van der Waals surface area (Å²) in [5.74, 6) is 0.00203. The SMILES string of the molecule is CC(=O)Oc1ccc2c3c1OC1C(N(C)C(=O)Cc4ccc(Cl)c(Cl)c4)CC[C@@]4(OC(C)=O)[C@@H](C2)N(CCc2ccccc2)CC[C@]314. The predicted molar refractivity (Wildman–Crippen MR) is 178 cm³/mol. The van der Waals surface area contributed by atoms with E-state index in [1.807, 2.05) is 25.2 Å². The lowest BCUT2D eigenvalue weighted by molar-refractivity contribution is -0.223. The molecule has 2 aliphatic heterocycles. The van der Waals surface area contributed by atoms with Gasteiger partial charge in [0.15, 0.2) is 11.5 Å². The molecule has 4 aliphatic rings. The molecule has 3 aromatic carbocycles. The average Bonchev–Trinajstić information content (AvgIpc) is 3.38. The van der Waals surface area contributed by atoms with Crippen LogP contribution in [0.15, 0.2) is 60.7 Å². The molecule has 5 atom stereocenters. The number of benzene rings is 3. The van der Waals surface area contributed by atoms with Gasteiger partial charge in [0.25, 0.3) is 0 Å². The van der Waals surface area contributed by atoms with Crippen molar-refractivity contribution in [1.29, 1.82) is 0 Å². The van der Waals surface area contributed by atoms with Crippen molar-refractivity contribution in [2.75, 3.05) is 20.1 Å². The Morgan fingerprint density at radius 2 is 1.77 bits per heavy atom. The van der Waals surface area contributed by atoms with Crippen molar-refractivity contribution in [3.63, 3.8) is 0 Å². The van der Waals surface area contributed by atoms with Crippen molar-refractivity contribution < 1.29 is 28.6 Å². The van der Waals surface area contributed by atoms with Gasteiger partial charge in [-0.2, -0.15) is 0 Å². The Kier molecular flexibility index (Phi) is 8.26. The zero-order valence-electron chi connectivity index (χ0n) is 26.8. The van der Waals surface area contributed by atoms with E-state index in [0.717, 1.165) is 36.2 Å². The minimum absolute atomic E-state index is 0.0857. The number of likely N-dealkylation sites (tertiary alicyclic amines) is 1. The van der Waals surface area contributed by atoms with Crippen LogP contribution < -0.4 is 9.47 Å². The minimum Gasteiger partial charge on any atom is -0.483 e. The highest BCUT2D eigenvalue weighted by atomic mass is 35.5. The lowest BCUT2D eigenvalue weighted by Crippen LogP contribution is -2.79. The maximum Gasteiger partial charge on any atom is 0.308 e. The molecule has 2 aliphatic carbocycles. The Bertz CT molecular complexity index is 1750. The van der Waals surface area contributed by atoms with E-state index >= 15 is 0 Å². The summed E-state index contributed by atoms with van der Waals surface area (Å²) in [5.41, 5.74) is 2.44. The predicted octanol–water partition coefficient (Wildman–Crippen LogP) is 5.96. The van der Waals surface area contributed by atoms with Gasteiger partial charge >= 0.3 is 11.9 Å². The lowest BCUT2D eigenvalue weighted by Gasteiger charge is -2.65. The van der Waals surface area contributed by atoms with E-state index < -0.39 is 23.1 Å². The third-order valence-corrected chi connectivity index (χ3v) is 11.6. The Morgan fingerprint density at radius 3 is 2.49 bits per heavy atom. The number of hydrogen-bond acceptors (Lipinski definition) is 7. The van der Waals surface area contributed by atoms with Crippen LogP contribution in [0.25, 0.3) is 0 Å². The number of piperidine rings is 1. The molecule has 1 saturated heterocycles. The van der Waals surface area contributed by atoms with Crippen LogP contribution in [0.3, 0.4) is 0 Å². The number of carbonyl (C=O) groups excluding carboxylic acids is 3. The second-order valence-electron chi connectivity index (χ2n) is 13.3. The number of rotatable bonds is 8. The van der Waals surface area contributed by atoms with Gasteiger partial charge in [-0.3, -0.25) is 19.3 Å². The van der Waals surface area contributed by atoms with Crippen molar-refractivity contribution >= 4 is 41.0 Å². The lowest BCUT2D eigenvalue weighted by atomic mass is 9.48. The molecule has 1 spiro atoms. The van der Waals surface area contributed by atoms with Crippen molar-refractivity contribution in [3.8, 4) is 11.5 Å². The van der Waals surface area contributed by atoms with Crippen molar-refractivity contribution in [2.45, 2.75) is 81.6 Å². The molecule has 8 nitrogen and oxygen atoms in total. The van der Waals surface area contributed by atoms with Crippen molar-refractivity contribution in [1.82, 2.24) is 9.80 Å². The van der Waals surface area contributed by atoms with E-state index in [1.54, 1.807) is 23.1 Å². The molecule has 2 heterocycles. The molecule has 2 unspecified atom stereocenters. The van der Waals surface area contributed by atoms with E-state index in [-0.39, 0.29) is 30.4 Å². The Morgan fingerprint density at radius 1 is 0.979 bits per heavy atom. The fraction of sp³-hybridized carbons (Fsp3) is 0.432. The first kappa shape index (κ1) is 32.0. The monoisotopic (exact) mass is 676 g/mol. The third-order valence-electron chi connectivity index (χ3n) is 10.8. The Balaban J connectivity index is 1.30. The molecule has 1 amide bonds. The summed E-state index contributed by atoms with van der Waals surface area (Å²) in [5, 5.41) is 0.831. The summed E-state index contributed by atoms with van der Waals surface area (Å²) in [6, 6.07) is 19.1. The van der Waals surface area contributed by atoms with Gasteiger partial charge in [0.05, 0.1) is 34.0 Å². The van der Waals surface area contributed by atoms with Gasteiger partial charge in [-0.1, -0.05) is 65.7 Å². The van der Waals surface area contributed by atoms with Crippen LogP contribution in [-0.2, 0) is 43.8 Å². The summed E-state index contributed by atoms with van der Waals surface area (Å²) < 4.78 is 19.2. The van der Waals surface area contributed by atoms with Crippen molar-refractivity contribution in [2.24, 2.45) is 0 Å². The molecule has 47 heavy (non-hydrogen) atoms. The average molecular weight is 678 g/mol. The van der Waals surface area contributed by atoms with Gasteiger partial charge in [-0.05, 0) is 73.5 Å². The van der Waals surface area contributed by atoms with Crippen LogP contribution >= 0.6 is 23.2 Å². The molecule has 1 saturated carbocycles. The number of carbonyl (C=O) groups is 3. The Labute approximate surface area is 284 Å². The molecule has 0 N–H and O–H groups in total. The van der Waals surface area contributed by atoms with E-state index in [9.17, 15) is 14.4 Å². The van der Waals surface area contributed by atoms with E-state index in [2.05, 4.69) is 29.2 Å². The summed E-state index contributed by atoms with van der Waals surface area (Å²) in [4.78, 5) is 43.4. The zero-order valence-corrected chi connectivity index (χ0v) is 28.3. The minimum atomic E-state index is -0.893. The standard InChI is InChI=1S/C37H38Cl2N2O6/c1-22(42)45-30-12-10-26-21-31-37(47-23(2)43)15-13-29(40(3)32(44)20-25-9-11-27(38)28(39)19-25)35-36(37,33(26)34(30)46-35)16-18-41(31)17-14-24-7-5-4-6-8-24/h4-12,19,29,31,35H,13-18,20-21H2,1-3H3/t29?,31-,35?,36+,37-/m1/s1. The first-order chi connectivity index (χ1) is 22.5. The van der Waals surface area contributed by atoms with Gasteiger partial charge < -0.3 is 19.1 Å². The fourth-order valence-corrected chi connectivity index (χ4v) is 9.30. The number of nitrogens with zero attached hydrogens (tertiary/aromatic N) is 2. The molecular weight excluding hydrogens is 639 g/mol. The van der Waals surface area contributed by atoms with Crippen LogP contribution in [0.4, 0.5) is 0 Å². The first-order valence-corrected chi connectivity index (χ1v) is 17.0. The molecule has 7 rings (SSSR count). The van der Waals surface area contributed by atoms with E-state index in [0.29, 0.717) is 47.2 Å². The summed E-state index contributed by atoms with van der Waals surface area (Å²) in [6.07, 6.45) is 2.94. The molecule has 2 bridgehead atoms. The molecule has 3 aromatic rings. The highest BCUT2D eigenvalue weighted by Crippen LogP contribution is 2.67. The molecule has 0 radical (unpaired) electrons. The summed E-state index contributed by atoms with van der Waals surface area (Å²) in [6.45, 7) is 4.43. The Hall–Kier alpha value is -3.59. The summed E-state index contributed by atoms with van der Waals surface area (Å²) >= 11 is 12.4. The van der Waals surface area contributed by atoms with Crippen LogP contribution in [-0.4, -0.2) is 71.6 Å². The third kappa shape index (κ3) is 5.20. The van der Waals surface area contributed by atoms with E-state index in [4.69, 9.17) is 37.4 Å². The normalized spacial score (nSPS) is 27.0. The number of likely N-dealkylation sites (N-methyl/N-ethyl adjacent to an activating group) is 1. The quantitative estimate of drug-likeness (QED) is 0.215. The van der Waals surface area contributed by atoms with Crippen LogP contribution in [0.5, 0.6) is 11.5 Å². The summed E-state index contributed by atoms with van der Waals surface area (Å²) in [7, 11) is 1.82. The highest BCUT2D eigenvalue weighted by molar-refractivity contribution is 6.42. The highest BCUT2D eigenvalue weighted by Gasteiger charge is 2.75. The van der Waals surface area contributed by atoms with Gasteiger partial charge in [0.1, 0.15) is 11.7 Å². The number of halogens is 2. The number of esters is 2. The largest absolute Gasteiger partial charge is 0.483 e. The van der Waals surface area contributed by atoms with Crippen molar-refractivity contribution in [3.05, 3.63) is 93.0 Å². The maximum atomic E-state index is 13.9. The number of hydrogen-bond donors (Lipinski definition) is 0. The fourth-order valence-electron chi connectivity index (χ4n) is 8.98. The molecule has 10 heteroatoms. The molecule has 246 valence electrons. The first-order valence-electron chi connectivity index (χ1n) is 16.2. The van der Waals surface area contributed by atoms with E-state index in [1.165, 1.54) is 19.4 Å². The number of amides is 1. The number of ether oxygens (including phenoxy) is 3. The molecule has 2 fully saturated rings. The van der Waals surface area contributed by atoms with Crippen LogP contribution in [0.2, 0.25) is 10.0 Å². The molecular formula is C37H38Cl2N2O6. The zero-order chi connectivity index (χ0) is 33.1. The van der Waals surface area contributed by atoms with Crippen LogP contribution in [0.1, 0.15) is 55.4 Å².